The van der Waals surface area contributed by atoms with E-state index in [4.69, 9.17) is 0 Å². The minimum atomic E-state index is -1.42. The van der Waals surface area contributed by atoms with Crippen LogP contribution in [0, 0.1) is 17.5 Å². The molecule has 2 N–H and O–H groups in total. The molecule has 0 amide bonds. The van der Waals surface area contributed by atoms with Crippen molar-refractivity contribution in [2.24, 2.45) is 0 Å². The third-order valence-corrected chi connectivity index (χ3v) is 2.99. The summed E-state index contributed by atoms with van der Waals surface area (Å²) in [5.74, 6) is -3.74. The van der Waals surface area contributed by atoms with Crippen LogP contribution in [0.25, 0.3) is 0 Å². The third kappa shape index (κ3) is 2.91. The van der Waals surface area contributed by atoms with E-state index in [0.717, 1.165) is 31.9 Å². The van der Waals surface area contributed by atoms with Crippen molar-refractivity contribution in [3.8, 4) is 0 Å². The van der Waals surface area contributed by atoms with Crippen LogP contribution in [0.5, 0.6) is 0 Å². The van der Waals surface area contributed by atoms with E-state index in [0.29, 0.717) is 6.54 Å². The normalized spacial score (nSPS) is 20.3. The van der Waals surface area contributed by atoms with Gasteiger partial charge in [-0.25, -0.2) is 13.2 Å². The van der Waals surface area contributed by atoms with E-state index in [1.54, 1.807) is 0 Å². The molecule has 1 aromatic carbocycles. The van der Waals surface area contributed by atoms with Gasteiger partial charge in [0, 0.05) is 12.6 Å². The Kier molecular flexibility index (Phi) is 3.89. The number of rotatable bonds is 3. The first-order valence-corrected chi connectivity index (χ1v) is 5.79. The number of benzene rings is 1. The number of anilines is 1. The average Bonchev–Trinajstić information content (AvgIpc) is 2.36. The predicted octanol–water partition coefficient (Wildman–Crippen LogP) is 2.66. The van der Waals surface area contributed by atoms with Gasteiger partial charge >= 0.3 is 0 Å². The summed E-state index contributed by atoms with van der Waals surface area (Å²) in [7, 11) is 0. The summed E-state index contributed by atoms with van der Waals surface area (Å²) in [5.41, 5.74) is 0.0104. The molecule has 2 nitrogen and oxygen atoms in total. The predicted molar refractivity (Wildman–Crippen MR) is 60.4 cm³/mol. The van der Waals surface area contributed by atoms with E-state index in [-0.39, 0.29) is 11.7 Å². The second-order valence-electron chi connectivity index (χ2n) is 4.25. The molecule has 1 aliphatic heterocycles. The highest BCUT2D eigenvalue weighted by Crippen LogP contribution is 2.20. The van der Waals surface area contributed by atoms with Crippen molar-refractivity contribution in [3.05, 3.63) is 29.6 Å². The number of nitrogens with one attached hydrogen (secondary N) is 2. The fraction of sp³-hybridized carbons (Fsp3) is 0.500. The number of hydrogen-bond acceptors (Lipinski definition) is 2. The standard InChI is InChI=1S/C12H15F3N2/c13-9-4-5-10(12(15)11(9)14)17-7-8-3-1-2-6-16-8/h4-5,8,16-17H,1-3,6-7H2. The van der Waals surface area contributed by atoms with Crippen LogP contribution < -0.4 is 10.6 Å². The molecule has 0 aromatic heterocycles. The molecular weight excluding hydrogens is 229 g/mol. The van der Waals surface area contributed by atoms with Crippen LogP contribution in [0.1, 0.15) is 19.3 Å². The zero-order chi connectivity index (χ0) is 12.3. The Morgan fingerprint density at radius 1 is 1.18 bits per heavy atom. The van der Waals surface area contributed by atoms with Gasteiger partial charge in [-0.15, -0.1) is 0 Å². The van der Waals surface area contributed by atoms with Gasteiger partial charge in [0.15, 0.2) is 17.5 Å². The maximum absolute atomic E-state index is 13.3. The minimum absolute atomic E-state index is 0.0104. The van der Waals surface area contributed by atoms with Crippen molar-refractivity contribution >= 4 is 5.69 Å². The average molecular weight is 244 g/mol. The Morgan fingerprint density at radius 3 is 2.71 bits per heavy atom. The molecule has 0 aliphatic carbocycles. The van der Waals surface area contributed by atoms with E-state index < -0.39 is 17.5 Å². The van der Waals surface area contributed by atoms with E-state index in [9.17, 15) is 13.2 Å². The summed E-state index contributed by atoms with van der Waals surface area (Å²) in [4.78, 5) is 0. The molecule has 17 heavy (non-hydrogen) atoms. The first-order chi connectivity index (χ1) is 8.18. The smallest absolute Gasteiger partial charge is 0.196 e. The van der Waals surface area contributed by atoms with E-state index >= 15 is 0 Å². The Balaban J connectivity index is 1.96. The van der Waals surface area contributed by atoms with Crippen LogP contribution in [-0.2, 0) is 0 Å². The maximum Gasteiger partial charge on any atom is 0.196 e. The molecule has 0 spiro atoms. The minimum Gasteiger partial charge on any atom is -0.381 e. The molecule has 1 aliphatic rings. The van der Waals surface area contributed by atoms with Gasteiger partial charge in [-0.05, 0) is 31.5 Å². The molecule has 1 atom stereocenters. The second-order valence-corrected chi connectivity index (χ2v) is 4.25. The lowest BCUT2D eigenvalue weighted by Crippen LogP contribution is -2.39. The SMILES string of the molecule is Fc1ccc(NCC2CCCCN2)c(F)c1F. The summed E-state index contributed by atoms with van der Waals surface area (Å²) in [6, 6.07) is 2.40. The van der Waals surface area contributed by atoms with Gasteiger partial charge in [-0.1, -0.05) is 6.42 Å². The quantitative estimate of drug-likeness (QED) is 0.799. The summed E-state index contributed by atoms with van der Waals surface area (Å²) in [6.07, 6.45) is 3.30. The Hall–Kier alpha value is -1.23. The fourth-order valence-electron chi connectivity index (χ4n) is 1.99. The number of piperidine rings is 1. The second kappa shape index (κ2) is 5.40. The van der Waals surface area contributed by atoms with E-state index in [1.807, 2.05) is 0 Å². The monoisotopic (exact) mass is 244 g/mol. The third-order valence-electron chi connectivity index (χ3n) is 2.99. The van der Waals surface area contributed by atoms with Crippen LogP contribution in [0.2, 0.25) is 0 Å². The molecule has 94 valence electrons. The van der Waals surface area contributed by atoms with Crippen molar-refractivity contribution in [3.63, 3.8) is 0 Å². The lowest BCUT2D eigenvalue weighted by Gasteiger charge is -2.24. The summed E-state index contributed by atoms with van der Waals surface area (Å²) in [6.45, 7) is 1.47. The highest BCUT2D eigenvalue weighted by Gasteiger charge is 2.16. The topological polar surface area (TPSA) is 24.1 Å². The van der Waals surface area contributed by atoms with Gasteiger partial charge in [0.05, 0.1) is 5.69 Å². The van der Waals surface area contributed by atoms with Gasteiger partial charge < -0.3 is 10.6 Å². The van der Waals surface area contributed by atoms with Gasteiger partial charge in [-0.3, -0.25) is 0 Å². The van der Waals surface area contributed by atoms with Crippen LogP contribution in [0.15, 0.2) is 12.1 Å². The fourth-order valence-corrected chi connectivity index (χ4v) is 1.99. The Morgan fingerprint density at radius 2 is 2.00 bits per heavy atom. The van der Waals surface area contributed by atoms with Crippen LogP contribution in [0.3, 0.4) is 0 Å². The first-order valence-electron chi connectivity index (χ1n) is 5.79. The maximum atomic E-state index is 13.3. The summed E-state index contributed by atoms with van der Waals surface area (Å²) < 4.78 is 39.0. The summed E-state index contributed by atoms with van der Waals surface area (Å²) >= 11 is 0. The van der Waals surface area contributed by atoms with Gasteiger partial charge in [0.1, 0.15) is 0 Å². The van der Waals surface area contributed by atoms with Crippen molar-refractivity contribution < 1.29 is 13.2 Å². The molecular formula is C12H15F3N2. The van der Waals surface area contributed by atoms with Gasteiger partial charge in [-0.2, -0.15) is 0 Å². The molecule has 1 saturated heterocycles. The zero-order valence-corrected chi connectivity index (χ0v) is 9.40. The Bertz CT molecular complexity index is 390. The molecule has 5 heteroatoms. The van der Waals surface area contributed by atoms with Crippen molar-refractivity contribution in [2.45, 2.75) is 25.3 Å². The molecule has 2 rings (SSSR count). The molecule has 0 radical (unpaired) electrons. The largest absolute Gasteiger partial charge is 0.381 e. The van der Waals surface area contributed by atoms with Crippen molar-refractivity contribution in [1.29, 1.82) is 0 Å². The van der Waals surface area contributed by atoms with Crippen LogP contribution >= 0.6 is 0 Å². The Labute approximate surface area is 98.2 Å². The van der Waals surface area contributed by atoms with Crippen LogP contribution in [0.4, 0.5) is 18.9 Å². The highest BCUT2D eigenvalue weighted by molar-refractivity contribution is 5.45. The molecule has 0 saturated carbocycles. The molecule has 1 heterocycles. The molecule has 1 aromatic rings. The highest BCUT2D eigenvalue weighted by atomic mass is 19.2. The van der Waals surface area contributed by atoms with Gasteiger partial charge in [0.2, 0.25) is 0 Å². The summed E-state index contributed by atoms with van der Waals surface area (Å²) in [5, 5.41) is 6.09. The molecule has 1 unspecified atom stereocenters. The first kappa shape index (κ1) is 12.2. The van der Waals surface area contributed by atoms with Crippen LogP contribution in [-0.4, -0.2) is 19.1 Å². The lowest BCUT2D eigenvalue weighted by atomic mass is 10.1. The van der Waals surface area contributed by atoms with E-state index in [2.05, 4.69) is 10.6 Å². The van der Waals surface area contributed by atoms with Crippen molar-refractivity contribution in [1.82, 2.24) is 5.32 Å². The van der Waals surface area contributed by atoms with Crippen molar-refractivity contribution in [2.75, 3.05) is 18.4 Å². The lowest BCUT2D eigenvalue weighted by molar-refractivity contribution is 0.412. The number of hydrogen-bond donors (Lipinski definition) is 2. The molecule has 0 bridgehead atoms. The van der Waals surface area contributed by atoms with E-state index in [1.165, 1.54) is 6.07 Å². The van der Waals surface area contributed by atoms with Gasteiger partial charge in [0.25, 0.3) is 0 Å². The number of halogens is 3. The molecule has 1 fully saturated rings. The zero-order valence-electron chi connectivity index (χ0n) is 9.40.